The van der Waals surface area contributed by atoms with Gasteiger partial charge in [-0.15, -0.1) is 0 Å². The number of alkyl halides is 3. The molecule has 0 aromatic heterocycles. The lowest BCUT2D eigenvalue weighted by molar-refractivity contribution is -0.152. The maximum absolute atomic E-state index is 12.1. The Bertz CT molecular complexity index is 285. The van der Waals surface area contributed by atoms with Crippen molar-refractivity contribution in [3.8, 4) is 0 Å². The Morgan fingerprint density at radius 2 is 1.85 bits per heavy atom. The van der Waals surface area contributed by atoms with E-state index in [1.807, 2.05) is 0 Å². The molecule has 2 unspecified atom stereocenters. The van der Waals surface area contributed by atoms with Crippen molar-refractivity contribution in [2.24, 2.45) is 0 Å². The summed E-state index contributed by atoms with van der Waals surface area (Å²) in [4.78, 5) is 0. The Balaban J connectivity index is 2.81. The van der Waals surface area contributed by atoms with Crippen molar-refractivity contribution in [2.75, 3.05) is 11.5 Å². The van der Waals surface area contributed by atoms with Gasteiger partial charge in [0.2, 0.25) is 0 Å². The Hall–Kier alpha value is -0.300. The fourth-order valence-corrected chi connectivity index (χ4v) is 3.12. The highest BCUT2D eigenvalue weighted by atomic mass is 32.2. The second kappa shape index (κ2) is 3.13. The van der Waals surface area contributed by atoms with Gasteiger partial charge in [-0.25, -0.2) is 8.42 Å². The number of halogens is 3. The van der Waals surface area contributed by atoms with Crippen LogP contribution in [0.1, 0.15) is 6.92 Å². The van der Waals surface area contributed by atoms with E-state index in [0.29, 0.717) is 0 Å². The van der Waals surface area contributed by atoms with Crippen molar-refractivity contribution in [1.82, 2.24) is 5.32 Å². The van der Waals surface area contributed by atoms with Gasteiger partial charge in [0.15, 0.2) is 9.84 Å². The van der Waals surface area contributed by atoms with Gasteiger partial charge >= 0.3 is 6.18 Å². The average Bonchev–Trinajstić information content (AvgIpc) is 1.79. The normalized spacial score (nSPS) is 34.5. The number of nitrogens with one attached hydrogen (secondary N) is 1. The molecular weight excluding hydrogens is 207 g/mol. The maximum atomic E-state index is 12.1. The van der Waals surface area contributed by atoms with Gasteiger partial charge in [-0.2, -0.15) is 13.2 Å². The van der Waals surface area contributed by atoms with E-state index in [9.17, 15) is 21.6 Å². The molecule has 1 aliphatic heterocycles. The predicted octanol–water partition coefficient (Wildman–Crippen LogP) is 0.324. The summed E-state index contributed by atoms with van der Waals surface area (Å²) < 4.78 is 58.3. The first-order valence-corrected chi connectivity index (χ1v) is 5.56. The largest absolute Gasteiger partial charge is 0.404 e. The Morgan fingerprint density at radius 3 is 2.23 bits per heavy atom. The minimum atomic E-state index is -4.48. The third-order valence-electron chi connectivity index (χ3n) is 1.81. The van der Waals surface area contributed by atoms with Crippen molar-refractivity contribution >= 4 is 9.84 Å². The minimum Gasteiger partial charge on any atom is -0.302 e. The molecule has 0 aliphatic carbocycles. The summed E-state index contributed by atoms with van der Waals surface area (Å²) in [5.41, 5.74) is 0. The van der Waals surface area contributed by atoms with Crippen LogP contribution in [-0.4, -0.2) is 38.2 Å². The lowest BCUT2D eigenvalue weighted by atomic mass is 10.2. The second-order valence-corrected chi connectivity index (χ2v) is 5.39. The lowest BCUT2D eigenvalue weighted by Crippen LogP contribution is -2.56. The van der Waals surface area contributed by atoms with Crippen molar-refractivity contribution in [3.05, 3.63) is 0 Å². The zero-order valence-electron chi connectivity index (χ0n) is 6.93. The molecule has 0 radical (unpaired) electrons. The molecular formula is C6H10F3NO2S. The van der Waals surface area contributed by atoms with Crippen molar-refractivity contribution < 1.29 is 21.6 Å². The SMILES string of the molecule is CC1CS(=O)(=O)CC(C(F)(F)F)N1. The number of hydrogen-bond acceptors (Lipinski definition) is 3. The summed E-state index contributed by atoms with van der Waals surface area (Å²) >= 11 is 0. The molecule has 1 N–H and O–H groups in total. The highest BCUT2D eigenvalue weighted by molar-refractivity contribution is 7.91. The summed E-state index contributed by atoms with van der Waals surface area (Å²) in [5.74, 6) is -1.07. The molecule has 7 heteroatoms. The van der Waals surface area contributed by atoms with E-state index < -0.39 is 33.9 Å². The number of hydrogen-bond donors (Lipinski definition) is 1. The Labute approximate surface area is 74.2 Å². The smallest absolute Gasteiger partial charge is 0.302 e. The van der Waals surface area contributed by atoms with E-state index in [1.165, 1.54) is 6.92 Å². The third kappa shape index (κ3) is 2.84. The minimum absolute atomic E-state index is 0.223. The van der Waals surface area contributed by atoms with E-state index in [2.05, 4.69) is 5.32 Å². The van der Waals surface area contributed by atoms with Gasteiger partial charge in [0.25, 0.3) is 0 Å². The average molecular weight is 217 g/mol. The Kier molecular flexibility index (Phi) is 2.59. The highest BCUT2D eigenvalue weighted by Crippen LogP contribution is 2.24. The van der Waals surface area contributed by atoms with Crippen molar-refractivity contribution in [1.29, 1.82) is 0 Å². The molecule has 0 aromatic rings. The summed E-state index contributed by atoms with van der Waals surface area (Å²) in [6.45, 7) is 1.43. The Morgan fingerprint density at radius 1 is 1.31 bits per heavy atom. The standard InChI is InChI=1S/C6H10F3NO2S/c1-4-2-13(11,12)3-5(10-4)6(7,8)9/h4-5,10H,2-3H2,1H3. The molecule has 13 heavy (non-hydrogen) atoms. The first-order valence-electron chi connectivity index (χ1n) is 3.74. The van der Waals surface area contributed by atoms with Gasteiger partial charge < -0.3 is 5.32 Å². The molecule has 1 rings (SSSR count). The topological polar surface area (TPSA) is 46.2 Å². The van der Waals surface area contributed by atoms with Crippen LogP contribution in [0.5, 0.6) is 0 Å². The fraction of sp³-hybridized carbons (Fsp3) is 1.00. The summed E-state index contributed by atoms with van der Waals surface area (Å²) in [5, 5.41) is 2.21. The molecule has 0 saturated carbocycles. The fourth-order valence-electron chi connectivity index (χ4n) is 1.33. The number of rotatable bonds is 0. The molecule has 1 aliphatic rings. The monoisotopic (exact) mass is 217 g/mol. The molecule has 1 heterocycles. The molecule has 1 fully saturated rings. The molecule has 2 atom stereocenters. The molecule has 0 aromatic carbocycles. The van der Waals surface area contributed by atoms with Crippen LogP contribution in [0, 0.1) is 0 Å². The van der Waals surface area contributed by atoms with Crippen LogP contribution in [0.4, 0.5) is 13.2 Å². The van der Waals surface area contributed by atoms with E-state index in [1.54, 1.807) is 0 Å². The molecule has 1 saturated heterocycles. The van der Waals surface area contributed by atoms with Gasteiger partial charge in [-0.3, -0.25) is 0 Å². The van der Waals surface area contributed by atoms with Crippen LogP contribution in [0.15, 0.2) is 0 Å². The highest BCUT2D eigenvalue weighted by Gasteiger charge is 2.45. The van der Waals surface area contributed by atoms with E-state index in [-0.39, 0.29) is 5.75 Å². The van der Waals surface area contributed by atoms with Gasteiger partial charge in [0.05, 0.1) is 11.5 Å². The second-order valence-electron chi connectivity index (χ2n) is 3.24. The van der Waals surface area contributed by atoms with Crippen LogP contribution < -0.4 is 5.32 Å². The maximum Gasteiger partial charge on any atom is 0.404 e. The predicted molar refractivity (Wildman–Crippen MR) is 41.1 cm³/mol. The third-order valence-corrected chi connectivity index (χ3v) is 3.65. The van der Waals surface area contributed by atoms with Crippen LogP contribution in [-0.2, 0) is 9.84 Å². The van der Waals surface area contributed by atoms with Gasteiger partial charge in [-0.1, -0.05) is 0 Å². The lowest BCUT2D eigenvalue weighted by Gasteiger charge is -2.29. The molecule has 0 bridgehead atoms. The molecule has 0 spiro atoms. The molecule has 3 nitrogen and oxygen atoms in total. The summed E-state index contributed by atoms with van der Waals surface area (Å²) in [6, 6.07) is -2.55. The zero-order valence-corrected chi connectivity index (χ0v) is 7.74. The zero-order chi connectivity index (χ0) is 10.3. The van der Waals surface area contributed by atoms with E-state index in [4.69, 9.17) is 0 Å². The first-order chi connectivity index (χ1) is 5.71. The van der Waals surface area contributed by atoms with Crippen molar-refractivity contribution in [2.45, 2.75) is 25.2 Å². The van der Waals surface area contributed by atoms with Crippen molar-refractivity contribution in [3.63, 3.8) is 0 Å². The van der Waals surface area contributed by atoms with Crippen LogP contribution in [0.25, 0.3) is 0 Å². The summed E-state index contributed by atoms with van der Waals surface area (Å²) in [7, 11) is -3.55. The van der Waals surface area contributed by atoms with Crippen LogP contribution in [0.2, 0.25) is 0 Å². The molecule has 0 amide bonds. The van der Waals surface area contributed by atoms with E-state index >= 15 is 0 Å². The van der Waals surface area contributed by atoms with Gasteiger partial charge in [0.1, 0.15) is 6.04 Å². The number of sulfone groups is 1. The van der Waals surface area contributed by atoms with E-state index in [0.717, 1.165) is 0 Å². The molecule has 78 valence electrons. The van der Waals surface area contributed by atoms with Crippen LogP contribution in [0.3, 0.4) is 0 Å². The quantitative estimate of drug-likeness (QED) is 0.635. The van der Waals surface area contributed by atoms with Crippen LogP contribution >= 0.6 is 0 Å². The summed E-state index contributed by atoms with van der Waals surface area (Å²) in [6.07, 6.45) is -4.48. The van der Waals surface area contributed by atoms with Gasteiger partial charge in [0, 0.05) is 6.04 Å². The first kappa shape index (κ1) is 10.8. The van der Waals surface area contributed by atoms with Gasteiger partial charge in [-0.05, 0) is 6.92 Å².